The number of thioether (sulfide) groups is 1. The summed E-state index contributed by atoms with van der Waals surface area (Å²) in [7, 11) is 0. The number of amidine groups is 1. The molecule has 1 fully saturated rings. The summed E-state index contributed by atoms with van der Waals surface area (Å²) in [5.41, 5.74) is -1.35. The van der Waals surface area contributed by atoms with Crippen LogP contribution in [0.15, 0.2) is 23.2 Å². The molecule has 0 radical (unpaired) electrons. The van der Waals surface area contributed by atoms with Crippen LogP contribution in [-0.2, 0) is 10.3 Å². The fourth-order valence-electron chi connectivity index (χ4n) is 2.79. The van der Waals surface area contributed by atoms with Crippen LogP contribution in [0, 0.1) is 21.8 Å². The van der Waals surface area contributed by atoms with Crippen LogP contribution < -0.4 is 5.32 Å². The summed E-state index contributed by atoms with van der Waals surface area (Å²) in [4.78, 5) is 25.5. The molecule has 23 heavy (non-hydrogen) atoms. The van der Waals surface area contributed by atoms with E-state index in [1.807, 2.05) is 0 Å². The van der Waals surface area contributed by atoms with E-state index in [0.717, 1.165) is 18.2 Å². The Morgan fingerprint density at radius 3 is 3.09 bits per heavy atom. The number of benzene rings is 1. The Morgan fingerprint density at radius 1 is 1.61 bits per heavy atom. The number of carboxylic acid groups (broad SMARTS) is 1. The molecule has 2 heterocycles. The van der Waals surface area contributed by atoms with Gasteiger partial charge in [-0.2, -0.15) is 0 Å². The summed E-state index contributed by atoms with van der Waals surface area (Å²) >= 11 is 1.20. The first-order chi connectivity index (χ1) is 10.9. The van der Waals surface area contributed by atoms with Crippen molar-refractivity contribution in [2.75, 3.05) is 19.0 Å². The molecular formula is C13H12FN3O5S. The number of ether oxygens (including phenoxy) is 1. The van der Waals surface area contributed by atoms with Crippen LogP contribution in [0.3, 0.4) is 0 Å². The Balaban J connectivity index is 2.11. The zero-order valence-corrected chi connectivity index (χ0v) is 12.5. The van der Waals surface area contributed by atoms with E-state index >= 15 is 0 Å². The van der Waals surface area contributed by atoms with Crippen LogP contribution in [-0.4, -0.2) is 40.3 Å². The maximum absolute atomic E-state index is 14.3. The first-order valence-electron chi connectivity index (χ1n) is 6.67. The summed E-state index contributed by atoms with van der Waals surface area (Å²) < 4.78 is 19.8. The molecule has 1 saturated heterocycles. The normalized spacial score (nSPS) is 26.3. The van der Waals surface area contributed by atoms with Gasteiger partial charge in [0.2, 0.25) is 0 Å². The molecule has 10 heteroatoms. The molecule has 0 aromatic heterocycles. The van der Waals surface area contributed by atoms with E-state index in [1.54, 1.807) is 0 Å². The van der Waals surface area contributed by atoms with Crippen molar-refractivity contribution < 1.29 is 24.0 Å². The Hall–Kier alpha value is -2.20. The number of nitro groups is 1. The maximum Gasteiger partial charge on any atom is 0.410 e. The van der Waals surface area contributed by atoms with Crippen LogP contribution in [0.4, 0.5) is 14.9 Å². The number of fused-ring (bicyclic) bond motifs is 1. The molecule has 2 N–H and O–H groups in total. The van der Waals surface area contributed by atoms with E-state index in [1.165, 1.54) is 11.8 Å². The predicted octanol–water partition coefficient (Wildman–Crippen LogP) is 1.95. The van der Waals surface area contributed by atoms with Crippen molar-refractivity contribution in [3.05, 3.63) is 39.7 Å². The SMILES string of the molecule is O=C(O)NC1=NC2(c3cc([N+](=O)[O-])ccc3F)COCC2CS1. The van der Waals surface area contributed by atoms with E-state index in [-0.39, 0.29) is 28.9 Å². The maximum atomic E-state index is 14.3. The summed E-state index contributed by atoms with van der Waals surface area (Å²) in [5, 5.41) is 22.1. The van der Waals surface area contributed by atoms with Crippen LogP contribution in [0.1, 0.15) is 5.56 Å². The van der Waals surface area contributed by atoms with Gasteiger partial charge in [-0.1, -0.05) is 11.8 Å². The number of amides is 1. The van der Waals surface area contributed by atoms with Crippen LogP contribution in [0.5, 0.6) is 0 Å². The zero-order valence-electron chi connectivity index (χ0n) is 11.7. The molecule has 0 aliphatic carbocycles. The lowest BCUT2D eigenvalue weighted by Gasteiger charge is -2.34. The number of rotatable bonds is 2. The van der Waals surface area contributed by atoms with Crippen LogP contribution in [0.25, 0.3) is 0 Å². The minimum absolute atomic E-state index is 0.0428. The minimum atomic E-state index is -1.27. The van der Waals surface area contributed by atoms with E-state index in [4.69, 9.17) is 9.84 Å². The van der Waals surface area contributed by atoms with Crippen molar-refractivity contribution >= 4 is 28.7 Å². The quantitative estimate of drug-likeness (QED) is 0.628. The lowest BCUT2D eigenvalue weighted by atomic mass is 9.81. The Kier molecular flexibility index (Phi) is 3.94. The molecular weight excluding hydrogens is 329 g/mol. The zero-order chi connectivity index (χ0) is 16.6. The number of aliphatic imine (C=N–C) groups is 1. The van der Waals surface area contributed by atoms with Crippen molar-refractivity contribution in [3.8, 4) is 0 Å². The molecule has 1 amide bonds. The monoisotopic (exact) mass is 341 g/mol. The second-order valence-corrected chi connectivity index (χ2v) is 6.22. The van der Waals surface area contributed by atoms with Crippen LogP contribution >= 0.6 is 11.8 Å². The first-order valence-corrected chi connectivity index (χ1v) is 7.66. The summed E-state index contributed by atoms with van der Waals surface area (Å²) in [6, 6.07) is 3.26. The Bertz CT molecular complexity index is 713. The molecule has 3 rings (SSSR count). The number of nitrogens with zero attached hydrogens (tertiary/aromatic N) is 2. The molecule has 0 spiro atoms. The topological polar surface area (TPSA) is 114 Å². The van der Waals surface area contributed by atoms with Gasteiger partial charge < -0.3 is 9.84 Å². The van der Waals surface area contributed by atoms with Gasteiger partial charge in [-0.25, -0.2) is 14.2 Å². The molecule has 1 aromatic rings. The summed E-state index contributed by atoms with van der Waals surface area (Å²) in [6.45, 7) is 0.375. The highest BCUT2D eigenvalue weighted by Gasteiger charge is 2.50. The lowest BCUT2D eigenvalue weighted by Crippen LogP contribution is -2.42. The number of halogens is 1. The minimum Gasteiger partial charge on any atom is -0.465 e. The number of hydrogen-bond acceptors (Lipinski definition) is 6. The predicted molar refractivity (Wildman–Crippen MR) is 80.1 cm³/mol. The fraction of sp³-hybridized carbons (Fsp3) is 0.385. The average Bonchev–Trinajstić information content (AvgIpc) is 2.90. The van der Waals surface area contributed by atoms with Gasteiger partial charge in [0.15, 0.2) is 5.17 Å². The van der Waals surface area contributed by atoms with Crippen LogP contribution in [0.2, 0.25) is 0 Å². The third-order valence-electron chi connectivity index (χ3n) is 3.88. The third kappa shape index (κ3) is 2.75. The van der Waals surface area contributed by atoms with Gasteiger partial charge in [-0.05, 0) is 6.07 Å². The van der Waals surface area contributed by atoms with Crippen molar-refractivity contribution in [3.63, 3.8) is 0 Å². The van der Waals surface area contributed by atoms with Gasteiger partial charge in [-0.3, -0.25) is 15.4 Å². The highest BCUT2D eigenvalue weighted by atomic mass is 32.2. The number of nitro benzene ring substituents is 1. The molecule has 2 atom stereocenters. The van der Waals surface area contributed by atoms with E-state index in [9.17, 15) is 19.3 Å². The molecule has 2 aliphatic rings. The number of non-ortho nitro benzene ring substituents is 1. The molecule has 2 unspecified atom stereocenters. The molecule has 0 saturated carbocycles. The fourth-order valence-corrected chi connectivity index (χ4v) is 3.90. The first kappa shape index (κ1) is 15.7. The van der Waals surface area contributed by atoms with Gasteiger partial charge >= 0.3 is 6.09 Å². The van der Waals surface area contributed by atoms with Crippen molar-refractivity contribution in [1.82, 2.24) is 5.32 Å². The highest BCUT2D eigenvalue weighted by Crippen LogP contribution is 2.46. The Morgan fingerprint density at radius 2 is 2.39 bits per heavy atom. The van der Waals surface area contributed by atoms with E-state index < -0.39 is 22.4 Å². The molecule has 122 valence electrons. The second-order valence-electron chi connectivity index (χ2n) is 5.22. The van der Waals surface area contributed by atoms with Crippen molar-refractivity contribution in [2.24, 2.45) is 10.9 Å². The molecule has 0 bridgehead atoms. The average molecular weight is 341 g/mol. The standard InChI is InChI=1S/C13H12FN3O5S/c14-10-2-1-8(17(20)21)3-9(10)13-6-22-4-7(13)5-23-11(16-13)15-12(18)19/h1-3,7H,4-6H2,(H,15,16)(H,18,19). The van der Waals surface area contributed by atoms with Gasteiger partial charge in [0, 0.05) is 29.4 Å². The van der Waals surface area contributed by atoms with Gasteiger partial charge in [0.1, 0.15) is 11.4 Å². The smallest absolute Gasteiger partial charge is 0.410 e. The van der Waals surface area contributed by atoms with E-state index in [0.29, 0.717) is 12.4 Å². The highest BCUT2D eigenvalue weighted by molar-refractivity contribution is 8.13. The Labute approximate surface area is 133 Å². The summed E-state index contributed by atoms with van der Waals surface area (Å²) in [6.07, 6.45) is -1.27. The number of hydrogen-bond donors (Lipinski definition) is 2. The van der Waals surface area contributed by atoms with Crippen molar-refractivity contribution in [2.45, 2.75) is 5.54 Å². The molecule has 2 aliphatic heterocycles. The van der Waals surface area contributed by atoms with Gasteiger partial charge in [-0.15, -0.1) is 0 Å². The summed E-state index contributed by atoms with van der Waals surface area (Å²) in [5.74, 6) is -0.346. The van der Waals surface area contributed by atoms with E-state index in [2.05, 4.69) is 10.3 Å². The third-order valence-corrected chi connectivity index (χ3v) is 4.92. The largest absolute Gasteiger partial charge is 0.465 e. The second kappa shape index (κ2) is 5.78. The van der Waals surface area contributed by atoms with Crippen molar-refractivity contribution in [1.29, 1.82) is 0 Å². The lowest BCUT2D eigenvalue weighted by molar-refractivity contribution is -0.385. The number of nitrogens with one attached hydrogen (secondary N) is 1. The number of carbonyl (C=O) groups is 1. The van der Waals surface area contributed by atoms with Gasteiger partial charge in [0.25, 0.3) is 5.69 Å². The van der Waals surface area contributed by atoms with Gasteiger partial charge in [0.05, 0.1) is 18.1 Å². The molecule has 1 aromatic carbocycles. The molecule has 8 nitrogen and oxygen atoms in total.